The Morgan fingerprint density at radius 2 is 2.00 bits per heavy atom. The van der Waals surface area contributed by atoms with Gasteiger partial charge in [-0.25, -0.2) is 9.59 Å². The van der Waals surface area contributed by atoms with Gasteiger partial charge in [0.2, 0.25) is 0 Å². The van der Waals surface area contributed by atoms with Crippen LogP contribution in [0.5, 0.6) is 0 Å². The van der Waals surface area contributed by atoms with Crippen LogP contribution in [-0.2, 0) is 4.74 Å². The van der Waals surface area contributed by atoms with Gasteiger partial charge in [-0.05, 0) is 24.6 Å². The van der Waals surface area contributed by atoms with Crippen LogP contribution < -0.4 is 5.73 Å². The summed E-state index contributed by atoms with van der Waals surface area (Å²) in [6.45, 7) is 1.55. The van der Waals surface area contributed by atoms with Gasteiger partial charge in [-0.3, -0.25) is 0 Å². The highest BCUT2D eigenvalue weighted by Crippen LogP contribution is 2.21. The van der Waals surface area contributed by atoms with Crippen LogP contribution in [0.3, 0.4) is 0 Å². The van der Waals surface area contributed by atoms with Crippen molar-refractivity contribution in [2.75, 3.05) is 12.8 Å². The zero-order chi connectivity index (χ0) is 11.6. The van der Waals surface area contributed by atoms with Crippen LogP contribution in [0.4, 0.5) is 5.69 Å². The van der Waals surface area contributed by atoms with Crippen LogP contribution in [0, 0.1) is 6.92 Å². The fourth-order valence-corrected chi connectivity index (χ4v) is 1.28. The van der Waals surface area contributed by atoms with Gasteiger partial charge >= 0.3 is 11.9 Å². The van der Waals surface area contributed by atoms with Gasteiger partial charge in [-0.1, -0.05) is 0 Å². The molecule has 0 heterocycles. The van der Waals surface area contributed by atoms with E-state index in [1.54, 1.807) is 6.92 Å². The molecule has 0 aliphatic carbocycles. The summed E-state index contributed by atoms with van der Waals surface area (Å²) in [7, 11) is 1.19. The molecule has 0 aliphatic rings. The Kier molecular flexibility index (Phi) is 2.94. The second kappa shape index (κ2) is 4.00. The number of aromatic carboxylic acids is 1. The predicted octanol–water partition coefficient (Wildman–Crippen LogP) is 1.06. The molecular weight excluding hydrogens is 198 g/mol. The van der Waals surface area contributed by atoms with Gasteiger partial charge in [0.15, 0.2) is 0 Å². The topological polar surface area (TPSA) is 89.6 Å². The molecule has 0 atom stereocenters. The largest absolute Gasteiger partial charge is 0.478 e. The monoisotopic (exact) mass is 209 g/mol. The lowest BCUT2D eigenvalue weighted by atomic mass is 10.0. The normalized spacial score (nSPS) is 9.73. The van der Waals surface area contributed by atoms with Crippen molar-refractivity contribution >= 4 is 17.6 Å². The third kappa shape index (κ3) is 1.90. The first-order valence-electron chi connectivity index (χ1n) is 4.19. The SMILES string of the molecule is COC(=O)c1ccc(N)c(C)c1C(=O)O. The first kappa shape index (κ1) is 11.0. The van der Waals surface area contributed by atoms with Gasteiger partial charge < -0.3 is 15.6 Å². The number of ether oxygens (including phenoxy) is 1. The quantitative estimate of drug-likeness (QED) is 0.561. The lowest BCUT2D eigenvalue weighted by Gasteiger charge is -2.09. The molecule has 5 heteroatoms. The molecular formula is C10H11NO4. The van der Waals surface area contributed by atoms with Crippen molar-refractivity contribution in [2.24, 2.45) is 0 Å². The number of nitrogens with two attached hydrogens (primary N) is 1. The summed E-state index contributed by atoms with van der Waals surface area (Å²) in [5.74, 6) is -1.88. The van der Waals surface area contributed by atoms with Gasteiger partial charge in [0.05, 0.1) is 18.2 Å². The molecule has 1 aromatic carbocycles. The first-order chi connectivity index (χ1) is 6.99. The Bertz CT molecular complexity index is 426. The molecule has 1 aromatic rings. The minimum Gasteiger partial charge on any atom is -0.478 e. The van der Waals surface area contributed by atoms with E-state index in [2.05, 4.69) is 4.74 Å². The van der Waals surface area contributed by atoms with E-state index < -0.39 is 11.9 Å². The number of carboxylic acids is 1. The zero-order valence-electron chi connectivity index (χ0n) is 8.40. The highest BCUT2D eigenvalue weighted by Gasteiger charge is 2.20. The molecule has 0 radical (unpaired) electrons. The molecule has 0 fully saturated rings. The second-order valence-corrected chi connectivity index (χ2v) is 3.00. The standard InChI is InChI=1S/C10H11NO4/c1-5-7(11)4-3-6(10(14)15-2)8(5)9(12)13/h3-4H,11H2,1-2H3,(H,12,13). The lowest BCUT2D eigenvalue weighted by Crippen LogP contribution is -2.13. The van der Waals surface area contributed by atoms with Crippen molar-refractivity contribution in [2.45, 2.75) is 6.92 Å². The number of esters is 1. The Morgan fingerprint density at radius 1 is 1.40 bits per heavy atom. The summed E-state index contributed by atoms with van der Waals surface area (Å²) in [5.41, 5.74) is 6.15. The summed E-state index contributed by atoms with van der Waals surface area (Å²) < 4.78 is 4.48. The maximum Gasteiger partial charge on any atom is 0.338 e. The van der Waals surface area contributed by atoms with E-state index in [1.165, 1.54) is 19.2 Å². The molecule has 0 saturated heterocycles. The molecule has 0 unspecified atom stereocenters. The van der Waals surface area contributed by atoms with Crippen LogP contribution in [-0.4, -0.2) is 24.2 Å². The van der Waals surface area contributed by atoms with Gasteiger partial charge in [0.1, 0.15) is 0 Å². The molecule has 0 aromatic heterocycles. The summed E-state index contributed by atoms with van der Waals surface area (Å²) >= 11 is 0. The van der Waals surface area contributed by atoms with Crippen LogP contribution in [0.25, 0.3) is 0 Å². The summed E-state index contributed by atoms with van der Waals surface area (Å²) in [6.07, 6.45) is 0. The minimum absolute atomic E-state index is 0.0108. The van der Waals surface area contributed by atoms with Crippen molar-refractivity contribution in [3.63, 3.8) is 0 Å². The van der Waals surface area contributed by atoms with Crippen molar-refractivity contribution in [3.05, 3.63) is 28.8 Å². The first-order valence-corrected chi connectivity index (χ1v) is 4.19. The van der Waals surface area contributed by atoms with E-state index in [0.717, 1.165) is 0 Å². The van der Waals surface area contributed by atoms with Gasteiger partial charge in [-0.15, -0.1) is 0 Å². The number of carbonyl (C=O) groups is 2. The van der Waals surface area contributed by atoms with E-state index >= 15 is 0 Å². The highest BCUT2D eigenvalue weighted by atomic mass is 16.5. The number of carbonyl (C=O) groups excluding carboxylic acids is 1. The number of hydrogen-bond donors (Lipinski definition) is 2. The number of rotatable bonds is 2. The van der Waals surface area contributed by atoms with E-state index in [9.17, 15) is 9.59 Å². The number of hydrogen-bond acceptors (Lipinski definition) is 4. The predicted molar refractivity (Wildman–Crippen MR) is 53.9 cm³/mol. The number of methoxy groups -OCH3 is 1. The fraction of sp³-hybridized carbons (Fsp3) is 0.200. The lowest BCUT2D eigenvalue weighted by molar-refractivity contribution is 0.0582. The third-order valence-electron chi connectivity index (χ3n) is 2.13. The number of carboxylic acid groups (broad SMARTS) is 1. The summed E-state index contributed by atoms with van der Waals surface area (Å²) in [6, 6.07) is 2.83. The maximum absolute atomic E-state index is 11.3. The van der Waals surface area contributed by atoms with Crippen LogP contribution in [0.1, 0.15) is 26.3 Å². The van der Waals surface area contributed by atoms with Crippen molar-refractivity contribution < 1.29 is 19.4 Å². The molecule has 0 aliphatic heterocycles. The van der Waals surface area contributed by atoms with Crippen molar-refractivity contribution in [3.8, 4) is 0 Å². The molecule has 0 bridgehead atoms. The number of anilines is 1. The van der Waals surface area contributed by atoms with Gasteiger partial charge in [-0.2, -0.15) is 0 Å². The van der Waals surface area contributed by atoms with Crippen LogP contribution in [0.2, 0.25) is 0 Å². The van der Waals surface area contributed by atoms with E-state index in [0.29, 0.717) is 11.3 Å². The van der Waals surface area contributed by atoms with Crippen molar-refractivity contribution in [1.82, 2.24) is 0 Å². The molecule has 1 rings (SSSR count). The molecule has 15 heavy (non-hydrogen) atoms. The molecule has 0 spiro atoms. The second-order valence-electron chi connectivity index (χ2n) is 3.00. The van der Waals surface area contributed by atoms with E-state index in [-0.39, 0.29) is 11.1 Å². The maximum atomic E-state index is 11.3. The average Bonchev–Trinajstić information content (AvgIpc) is 2.20. The molecule has 0 saturated carbocycles. The van der Waals surface area contributed by atoms with Crippen LogP contribution >= 0.6 is 0 Å². The molecule has 3 N–H and O–H groups in total. The van der Waals surface area contributed by atoms with Crippen molar-refractivity contribution in [1.29, 1.82) is 0 Å². The Hall–Kier alpha value is -2.04. The molecule has 5 nitrogen and oxygen atoms in total. The van der Waals surface area contributed by atoms with Crippen LogP contribution in [0.15, 0.2) is 12.1 Å². The summed E-state index contributed by atoms with van der Waals surface area (Å²) in [4.78, 5) is 22.2. The Morgan fingerprint density at radius 3 is 2.47 bits per heavy atom. The molecule has 80 valence electrons. The Balaban J connectivity index is 3.46. The average molecular weight is 209 g/mol. The van der Waals surface area contributed by atoms with Gasteiger partial charge in [0, 0.05) is 5.69 Å². The Labute approximate surface area is 86.5 Å². The van der Waals surface area contributed by atoms with E-state index in [1.807, 2.05) is 0 Å². The fourth-order valence-electron chi connectivity index (χ4n) is 1.28. The molecule has 0 amide bonds. The number of nitrogen functional groups attached to an aromatic ring is 1. The smallest absolute Gasteiger partial charge is 0.338 e. The summed E-state index contributed by atoms with van der Waals surface area (Å²) in [5, 5.41) is 8.95. The highest BCUT2D eigenvalue weighted by molar-refractivity contribution is 6.04. The number of benzene rings is 1. The van der Waals surface area contributed by atoms with E-state index in [4.69, 9.17) is 10.8 Å². The minimum atomic E-state index is -1.19. The van der Waals surface area contributed by atoms with Gasteiger partial charge in [0.25, 0.3) is 0 Å². The zero-order valence-corrected chi connectivity index (χ0v) is 8.40. The third-order valence-corrected chi connectivity index (χ3v) is 2.13.